The van der Waals surface area contributed by atoms with Crippen molar-refractivity contribution in [3.05, 3.63) is 40.8 Å². The summed E-state index contributed by atoms with van der Waals surface area (Å²) in [6.45, 7) is 3.76. The summed E-state index contributed by atoms with van der Waals surface area (Å²) in [6.07, 6.45) is 2.25. The number of nitrogens with one attached hydrogen (secondary N) is 1. The van der Waals surface area contributed by atoms with Gasteiger partial charge in [-0.1, -0.05) is 32.0 Å². The molecule has 1 amide bonds. The van der Waals surface area contributed by atoms with Gasteiger partial charge in [0.1, 0.15) is 6.54 Å². The van der Waals surface area contributed by atoms with E-state index in [0.29, 0.717) is 17.7 Å². The highest BCUT2D eigenvalue weighted by Gasteiger charge is 2.14. The van der Waals surface area contributed by atoms with E-state index < -0.39 is 0 Å². The second-order valence-corrected chi connectivity index (χ2v) is 5.77. The lowest BCUT2D eigenvalue weighted by Gasteiger charge is -2.18. The van der Waals surface area contributed by atoms with Crippen molar-refractivity contribution in [3.63, 3.8) is 0 Å². The molecule has 0 spiro atoms. The molecule has 1 aromatic heterocycles. The number of benzene rings is 1. The summed E-state index contributed by atoms with van der Waals surface area (Å²) in [4.78, 5) is 24.3. The fraction of sp³-hybridized carbons (Fsp3) is 0.438. The van der Waals surface area contributed by atoms with Crippen LogP contribution in [-0.2, 0) is 11.3 Å². The Morgan fingerprint density at radius 3 is 2.77 bits per heavy atom. The summed E-state index contributed by atoms with van der Waals surface area (Å²) in [5, 5.41) is 17.3. The molecule has 2 rings (SSSR count). The number of hydrogen-bond acceptors (Lipinski definition) is 4. The Kier molecular flexibility index (Phi) is 5.27. The number of rotatable bonds is 6. The maximum absolute atomic E-state index is 12.3. The van der Waals surface area contributed by atoms with E-state index in [2.05, 4.69) is 10.4 Å². The van der Waals surface area contributed by atoms with Gasteiger partial charge in [-0.25, -0.2) is 4.68 Å². The van der Waals surface area contributed by atoms with Gasteiger partial charge in [0.15, 0.2) is 0 Å². The Morgan fingerprint density at radius 1 is 1.36 bits per heavy atom. The molecule has 0 saturated carbocycles. The Hall–Kier alpha value is -2.21. The number of carbonyl (C=O) groups is 1. The number of carbonyl (C=O) groups excluding carboxylic acids is 1. The monoisotopic (exact) mass is 303 g/mol. The number of amides is 1. The number of aliphatic hydroxyl groups excluding tert-OH is 1. The van der Waals surface area contributed by atoms with Gasteiger partial charge in [-0.2, -0.15) is 5.10 Å². The summed E-state index contributed by atoms with van der Waals surface area (Å²) in [5.41, 5.74) is -0.294. The molecule has 0 aliphatic carbocycles. The molecule has 0 fully saturated rings. The predicted molar refractivity (Wildman–Crippen MR) is 84.5 cm³/mol. The van der Waals surface area contributed by atoms with Crippen LogP contribution in [0.3, 0.4) is 0 Å². The Bertz CT molecular complexity index is 709. The van der Waals surface area contributed by atoms with Crippen LogP contribution in [-0.4, -0.2) is 33.4 Å². The van der Waals surface area contributed by atoms with Gasteiger partial charge in [0, 0.05) is 5.39 Å². The van der Waals surface area contributed by atoms with Gasteiger partial charge in [0.05, 0.1) is 24.2 Å². The molecule has 0 radical (unpaired) electrons. The molecule has 2 aromatic rings. The van der Waals surface area contributed by atoms with Crippen LogP contribution in [0.1, 0.15) is 20.3 Å². The molecular weight excluding hydrogens is 282 g/mol. The standard InChI is InChI=1S/C16H21N3O3/c1-11(2)7-13(10-20)18-15(21)9-19-16(22)14-6-4-3-5-12(14)8-17-19/h3-6,8,11,13,20H,7,9-10H2,1-2H3,(H,18,21). The summed E-state index contributed by atoms with van der Waals surface area (Å²) in [6, 6.07) is 6.82. The van der Waals surface area contributed by atoms with Gasteiger partial charge in [0.2, 0.25) is 5.91 Å². The van der Waals surface area contributed by atoms with Crippen molar-refractivity contribution in [2.75, 3.05) is 6.61 Å². The van der Waals surface area contributed by atoms with Crippen LogP contribution in [0.4, 0.5) is 0 Å². The maximum atomic E-state index is 12.3. The van der Waals surface area contributed by atoms with Crippen LogP contribution < -0.4 is 10.9 Å². The molecule has 2 N–H and O–H groups in total. The zero-order chi connectivity index (χ0) is 16.1. The van der Waals surface area contributed by atoms with Gasteiger partial charge in [-0.3, -0.25) is 9.59 Å². The zero-order valence-corrected chi connectivity index (χ0v) is 12.8. The van der Waals surface area contributed by atoms with E-state index in [1.807, 2.05) is 19.9 Å². The van der Waals surface area contributed by atoms with E-state index >= 15 is 0 Å². The van der Waals surface area contributed by atoms with Crippen LogP contribution in [0.5, 0.6) is 0 Å². The highest BCUT2D eigenvalue weighted by molar-refractivity contribution is 5.81. The SMILES string of the molecule is CC(C)CC(CO)NC(=O)Cn1ncc2ccccc2c1=O. The molecule has 1 aromatic carbocycles. The molecule has 6 nitrogen and oxygen atoms in total. The summed E-state index contributed by atoms with van der Waals surface area (Å²) in [5.74, 6) is 0.0311. The first-order chi connectivity index (χ1) is 10.5. The average Bonchev–Trinajstić information content (AvgIpc) is 2.49. The fourth-order valence-corrected chi connectivity index (χ4v) is 2.40. The molecule has 6 heteroatoms. The minimum Gasteiger partial charge on any atom is -0.394 e. The van der Waals surface area contributed by atoms with E-state index in [9.17, 15) is 14.7 Å². The first kappa shape index (κ1) is 16.2. The highest BCUT2D eigenvalue weighted by atomic mass is 16.3. The second kappa shape index (κ2) is 7.17. The Labute approximate surface area is 128 Å². The molecule has 1 heterocycles. The molecule has 0 aliphatic rings. The van der Waals surface area contributed by atoms with Gasteiger partial charge >= 0.3 is 0 Å². The lowest BCUT2D eigenvalue weighted by molar-refractivity contribution is -0.123. The Balaban J connectivity index is 2.12. The topological polar surface area (TPSA) is 84.2 Å². The van der Waals surface area contributed by atoms with Crippen LogP contribution in [0.2, 0.25) is 0 Å². The van der Waals surface area contributed by atoms with Crippen molar-refractivity contribution < 1.29 is 9.90 Å². The molecule has 0 saturated heterocycles. The Morgan fingerprint density at radius 2 is 2.09 bits per heavy atom. The third kappa shape index (κ3) is 3.92. The molecule has 22 heavy (non-hydrogen) atoms. The highest BCUT2D eigenvalue weighted by Crippen LogP contribution is 2.06. The first-order valence-corrected chi connectivity index (χ1v) is 7.36. The van der Waals surface area contributed by atoms with Gasteiger partial charge < -0.3 is 10.4 Å². The lowest BCUT2D eigenvalue weighted by Crippen LogP contribution is -2.42. The van der Waals surface area contributed by atoms with Crippen molar-refractivity contribution in [2.24, 2.45) is 5.92 Å². The van der Waals surface area contributed by atoms with Crippen LogP contribution in [0.25, 0.3) is 10.8 Å². The third-order valence-corrected chi connectivity index (χ3v) is 3.40. The molecule has 1 atom stereocenters. The summed E-state index contributed by atoms with van der Waals surface area (Å²) >= 11 is 0. The van der Waals surface area contributed by atoms with Gasteiger partial charge in [-0.15, -0.1) is 0 Å². The van der Waals surface area contributed by atoms with Crippen molar-refractivity contribution in [1.82, 2.24) is 15.1 Å². The van der Waals surface area contributed by atoms with Crippen molar-refractivity contribution in [1.29, 1.82) is 0 Å². The van der Waals surface area contributed by atoms with Crippen LogP contribution in [0.15, 0.2) is 35.3 Å². The van der Waals surface area contributed by atoms with E-state index in [-0.39, 0.29) is 30.7 Å². The lowest BCUT2D eigenvalue weighted by atomic mass is 10.0. The molecule has 0 aliphatic heterocycles. The normalized spacial score (nSPS) is 12.5. The molecule has 118 valence electrons. The predicted octanol–water partition coefficient (Wildman–Crippen LogP) is 0.920. The van der Waals surface area contributed by atoms with Gasteiger partial charge in [0.25, 0.3) is 5.56 Å². The minimum absolute atomic E-state index is 0.121. The largest absolute Gasteiger partial charge is 0.394 e. The zero-order valence-electron chi connectivity index (χ0n) is 12.8. The van der Waals surface area contributed by atoms with Crippen LogP contribution in [0, 0.1) is 5.92 Å². The van der Waals surface area contributed by atoms with E-state index in [4.69, 9.17) is 0 Å². The third-order valence-electron chi connectivity index (χ3n) is 3.40. The summed E-state index contributed by atoms with van der Waals surface area (Å²) < 4.78 is 1.14. The van der Waals surface area contributed by atoms with E-state index in [0.717, 1.165) is 10.1 Å². The first-order valence-electron chi connectivity index (χ1n) is 7.36. The number of fused-ring (bicyclic) bond motifs is 1. The number of aromatic nitrogens is 2. The van der Waals surface area contributed by atoms with Crippen LogP contribution >= 0.6 is 0 Å². The smallest absolute Gasteiger partial charge is 0.275 e. The second-order valence-electron chi connectivity index (χ2n) is 5.77. The minimum atomic E-state index is -0.329. The number of nitrogens with zero attached hydrogens (tertiary/aromatic N) is 2. The van der Waals surface area contributed by atoms with E-state index in [1.165, 1.54) is 0 Å². The maximum Gasteiger partial charge on any atom is 0.275 e. The average molecular weight is 303 g/mol. The van der Waals surface area contributed by atoms with Gasteiger partial charge in [-0.05, 0) is 18.4 Å². The van der Waals surface area contributed by atoms with Crippen molar-refractivity contribution >= 4 is 16.7 Å². The quantitative estimate of drug-likeness (QED) is 0.831. The summed E-state index contributed by atoms with van der Waals surface area (Å²) in [7, 11) is 0. The van der Waals surface area contributed by atoms with Crippen molar-refractivity contribution in [2.45, 2.75) is 32.9 Å². The fourth-order valence-electron chi connectivity index (χ4n) is 2.40. The number of aliphatic hydroxyl groups is 1. The van der Waals surface area contributed by atoms with Crippen molar-refractivity contribution in [3.8, 4) is 0 Å². The number of hydrogen-bond donors (Lipinski definition) is 2. The molecule has 0 bridgehead atoms. The molecular formula is C16H21N3O3. The molecule has 1 unspecified atom stereocenters. The van der Waals surface area contributed by atoms with E-state index in [1.54, 1.807) is 24.4 Å².